The number of rotatable bonds is 6. The fourth-order valence-electron chi connectivity index (χ4n) is 2.56. The molecule has 1 aromatic heterocycles. The minimum Gasteiger partial charge on any atom is -0.356 e. The van der Waals surface area contributed by atoms with Gasteiger partial charge in [-0.05, 0) is 12.1 Å². The van der Waals surface area contributed by atoms with Crippen molar-refractivity contribution >= 4 is 17.7 Å². The average molecular weight is 330 g/mol. The lowest BCUT2D eigenvalue weighted by molar-refractivity contribution is -0.131. The molecule has 0 radical (unpaired) electrons. The van der Waals surface area contributed by atoms with Crippen molar-refractivity contribution in [3.63, 3.8) is 0 Å². The van der Waals surface area contributed by atoms with Crippen molar-refractivity contribution in [2.75, 3.05) is 51.2 Å². The van der Waals surface area contributed by atoms with Gasteiger partial charge in [-0.25, -0.2) is 4.98 Å². The first-order valence-corrected chi connectivity index (χ1v) is 8.23. The van der Waals surface area contributed by atoms with Gasteiger partial charge in [0, 0.05) is 58.9 Å². The number of aliphatic imine (C=N–C) groups is 1. The molecule has 0 atom stereocenters. The van der Waals surface area contributed by atoms with E-state index in [1.165, 1.54) is 0 Å². The lowest BCUT2D eigenvalue weighted by Crippen LogP contribution is -2.49. The number of pyridine rings is 1. The van der Waals surface area contributed by atoms with Crippen molar-refractivity contribution in [3.8, 4) is 0 Å². The maximum atomic E-state index is 12.3. The van der Waals surface area contributed by atoms with Gasteiger partial charge in [-0.3, -0.25) is 9.79 Å². The molecule has 2 heterocycles. The Kier molecular flexibility index (Phi) is 7.07. The van der Waals surface area contributed by atoms with Crippen molar-refractivity contribution in [2.24, 2.45) is 4.99 Å². The highest BCUT2D eigenvalue weighted by Crippen LogP contribution is 2.12. The van der Waals surface area contributed by atoms with E-state index in [9.17, 15) is 4.79 Å². The fourth-order valence-corrected chi connectivity index (χ4v) is 2.56. The number of hydrogen-bond donors (Lipinski definition) is 2. The highest BCUT2D eigenvalue weighted by atomic mass is 16.2. The molecular weight excluding hydrogens is 304 g/mol. The molecule has 130 valence electrons. The van der Waals surface area contributed by atoms with Gasteiger partial charge in [0.1, 0.15) is 5.82 Å². The summed E-state index contributed by atoms with van der Waals surface area (Å²) in [6.07, 6.45) is 4.02. The van der Waals surface area contributed by atoms with Gasteiger partial charge in [-0.15, -0.1) is 6.58 Å². The van der Waals surface area contributed by atoms with Crippen molar-refractivity contribution in [3.05, 3.63) is 37.1 Å². The van der Waals surface area contributed by atoms with Gasteiger partial charge >= 0.3 is 0 Å². The molecule has 7 nitrogen and oxygen atoms in total. The lowest BCUT2D eigenvalue weighted by Gasteiger charge is -2.35. The normalized spacial score (nSPS) is 15.1. The third-order valence-corrected chi connectivity index (χ3v) is 3.87. The summed E-state index contributed by atoms with van der Waals surface area (Å²) in [7, 11) is 1.71. The van der Waals surface area contributed by atoms with Crippen LogP contribution in [0.2, 0.25) is 0 Å². The third kappa shape index (κ3) is 5.26. The molecule has 1 aliphatic rings. The van der Waals surface area contributed by atoms with Crippen LogP contribution in [0.5, 0.6) is 0 Å². The Morgan fingerprint density at radius 3 is 2.75 bits per heavy atom. The molecule has 24 heavy (non-hydrogen) atoms. The molecule has 0 spiro atoms. The topological polar surface area (TPSA) is 72.9 Å². The van der Waals surface area contributed by atoms with E-state index >= 15 is 0 Å². The van der Waals surface area contributed by atoms with Crippen LogP contribution in [0.15, 0.2) is 42.0 Å². The molecule has 1 saturated heterocycles. The van der Waals surface area contributed by atoms with Crippen molar-refractivity contribution in [1.82, 2.24) is 20.5 Å². The average Bonchev–Trinajstić information content (AvgIpc) is 2.65. The van der Waals surface area contributed by atoms with E-state index in [0.717, 1.165) is 32.0 Å². The molecule has 7 heteroatoms. The predicted molar refractivity (Wildman–Crippen MR) is 97.2 cm³/mol. The van der Waals surface area contributed by atoms with Crippen molar-refractivity contribution in [1.29, 1.82) is 0 Å². The molecule has 1 aliphatic heterocycles. The SMILES string of the molecule is C=CCNC(=NC)NCCC(=O)N1CCN(c2ccccn2)CC1. The standard InChI is InChI=1S/C17H26N6O/c1-3-8-20-17(18-2)21-10-7-16(24)23-13-11-22(12-14-23)15-6-4-5-9-19-15/h3-6,9H,1,7-8,10-14H2,2H3,(H2,18,20,21). The van der Waals surface area contributed by atoms with Crippen LogP contribution in [0.1, 0.15) is 6.42 Å². The number of nitrogens with zero attached hydrogens (tertiary/aromatic N) is 4. The van der Waals surface area contributed by atoms with E-state index in [1.807, 2.05) is 23.1 Å². The molecule has 0 bridgehead atoms. The van der Waals surface area contributed by atoms with Gasteiger partial charge in [0.25, 0.3) is 0 Å². The van der Waals surface area contributed by atoms with E-state index in [1.54, 1.807) is 19.3 Å². The van der Waals surface area contributed by atoms with Crippen LogP contribution in [-0.4, -0.2) is 68.1 Å². The Morgan fingerprint density at radius 1 is 1.33 bits per heavy atom. The predicted octanol–water partition coefficient (Wildman–Crippen LogP) is 0.471. The molecule has 2 N–H and O–H groups in total. The van der Waals surface area contributed by atoms with Crippen LogP contribution in [0, 0.1) is 0 Å². The van der Waals surface area contributed by atoms with E-state index < -0.39 is 0 Å². The number of amides is 1. The maximum Gasteiger partial charge on any atom is 0.224 e. The van der Waals surface area contributed by atoms with Gasteiger partial charge < -0.3 is 20.4 Å². The zero-order valence-corrected chi connectivity index (χ0v) is 14.2. The lowest BCUT2D eigenvalue weighted by atomic mass is 10.2. The second kappa shape index (κ2) is 9.54. The van der Waals surface area contributed by atoms with E-state index in [2.05, 4.69) is 32.1 Å². The second-order valence-corrected chi connectivity index (χ2v) is 5.47. The first-order valence-electron chi connectivity index (χ1n) is 8.23. The number of anilines is 1. The number of piperazine rings is 1. The number of carbonyl (C=O) groups excluding carboxylic acids is 1. The Labute approximate surface area is 143 Å². The first kappa shape index (κ1) is 17.8. The minimum absolute atomic E-state index is 0.169. The minimum atomic E-state index is 0.169. The molecular formula is C17H26N6O. The maximum absolute atomic E-state index is 12.3. The summed E-state index contributed by atoms with van der Waals surface area (Å²) in [5, 5.41) is 6.21. The number of hydrogen-bond acceptors (Lipinski definition) is 4. The smallest absolute Gasteiger partial charge is 0.224 e. The van der Waals surface area contributed by atoms with Gasteiger partial charge in [0.15, 0.2) is 5.96 Å². The highest BCUT2D eigenvalue weighted by molar-refractivity contribution is 5.81. The number of guanidine groups is 1. The highest BCUT2D eigenvalue weighted by Gasteiger charge is 2.21. The quantitative estimate of drug-likeness (QED) is 0.451. The summed E-state index contributed by atoms with van der Waals surface area (Å²) < 4.78 is 0. The second-order valence-electron chi connectivity index (χ2n) is 5.47. The summed E-state index contributed by atoms with van der Waals surface area (Å²) in [5.41, 5.74) is 0. The molecule has 0 saturated carbocycles. The van der Waals surface area contributed by atoms with Gasteiger partial charge in [-0.1, -0.05) is 12.1 Å². The molecule has 1 aromatic rings. The summed E-state index contributed by atoms with van der Waals surface area (Å²) in [5.74, 6) is 1.83. The van der Waals surface area contributed by atoms with E-state index in [4.69, 9.17) is 0 Å². The Bertz CT molecular complexity index is 551. The molecule has 0 aromatic carbocycles. The van der Waals surface area contributed by atoms with E-state index in [0.29, 0.717) is 25.5 Å². The van der Waals surface area contributed by atoms with Crippen LogP contribution in [0.4, 0.5) is 5.82 Å². The van der Waals surface area contributed by atoms with Crippen LogP contribution < -0.4 is 15.5 Å². The van der Waals surface area contributed by atoms with Crippen LogP contribution >= 0.6 is 0 Å². The molecule has 0 aliphatic carbocycles. The zero-order chi connectivity index (χ0) is 17.2. The summed E-state index contributed by atoms with van der Waals surface area (Å²) in [4.78, 5) is 24.9. The summed E-state index contributed by atoms with van der Waals surface area (Å²) in [6.45, 7) is 7.96. The number of carbonyl (C=O) groups is 1. The van der Waals surface area contributed by atoms with Gasteiger partial charge in [-0.2, -0.15) is 0 Å². The van der Waals surface area contributed by atoms with Crippen LogP contribution in [0.25, 0.3) is 0 Å². The number of nitrogens with one attached hydrogen (secondary N) is 2. The Morgan fingerprint density at radius 2 is 2.12 bits per heavy atom. The summed E-state index contributed by atoms with van der Waals surface area (Å²) in [6, 6.07) is 5.90. The molecule has 0 unspecified atom stereocenters. The van der Waals surface area contributed by atoms with Gasteiger partial charge in [0.05, 0.1) is 0 Å². The Balaban J connectivity index is 1.70. The molecule has 2 rings (SSSR count). The van der Waals surface area contributed by atoms with Crippen molar-refractivity contribution in [2.45, 2.75) is 6.42 Å². The fraction of sp³-hybridized carbons (Fsp3) is 0.471. The van der Waals surface area contributed by atoms with Crippen LogP contribution in [-0.2, 0) is 4.79 Å². The van der Waals surface area contributed by atoms with Crippen LogP contribution in [0.3, 0.4) is 0 Å². The monoisotopic (exact) mass is 330 g/mol. The molecule has 1 amide bonds. The van der Waals surface area contributed by atoms with Gasteiger partial charge in [0.2, 0.25) is 5.91 Å². The summed E-state index contributed by atoms with van der Waals surface area (Å²) >= 11 is 0. The van der Waals surface area contributed by atoms with Crippen molar-refractivity contribution < 1.29 is 4.79 Å². The Hall–Kier alpha value is -2.57. The third-order valence-electron chi connectivity index (χ3n) is 3.87. The first-order chi connectivity index (χ1) is 11.7. The van der Waals surface area contributed by atoms with E-state index in [-0.39, 0.29) is 5.91 Å². The zero-order valence-electron chi connectivity index (χ0n) is 14.2. The largest absolute Gasteiger partial charge is 0.356 e. The molecule has 1 fully saturated rings. The number of aromatic nitrogens is 1.